The molecule has 1 unspecified atom stereocenters. The van der Waals surface area contributed by atoms with Gasteiger partial charge in [0.1, 0.15) is 11.9 Å². The Labute approximate surface area is 118 Å². The molecular weight excluding hydrogens is 260 g/mol. The van der Waals surface area contributed by atoms with E-state index in [1.807, 2.05) is 31.3 Å². The first-order valence-electron chi connectivity index (χ1n) is 6.40. The lowest BCUT2D eigenvalue weighted by Gasteiger charge is -2.19. The van der Waals surface area contributed by atoms with E-state index in [9.17, 15) is 0 Å². The highest BCUT2D eigenvalue weighted by Crippen LogP contribution is 2.27. The number of imidazole rings is 1. The normalized spacial score (nSPS) is 12.6. The molecule has 0 bridgehead atoms. The van der Waals surface area contributed by atoms with Gasteiger partial charge in [0.25, 0.3) is 0 Å². The van der Waals surface area contributed by atoms with Gasteiger partial charge in [-0.3, -0.25) is 5.84 Å². The number of halogens is 1. The lowest BCUT2D eigenvalue weighted by Crippen LogP contribution is -2.31. The summed E-state index contributed by atoms with van der Waals surface area (Å²) in [5.41, 5.74) is 4.88. The zero-order valence-electron chi connectivity index (χ0n) is 11.2. The highest BCUT2D eigenvalue weighted by molar-refractivity contribution is 6.31. The number of rotatable bonds is 5. The second-order valence-electron chi connectivity index (χ2n) is 4.60. The molecule has 4 nitrogen and oxygen atoms in total. The number of benzene rings is 1. The Kier molecular flexibility index (Phi) is 4.58. The van der Waals surface area contributed by atoms with Crippen LogP contribution in [0, 0.1) is 6.92 Å². The van der Waals surface area contributed by atoms with Crippen molar-refractivity contribution >= 4 is 11.6 Å². The van der Waals surface area contributed by atoms with Gasteiger partial charge in [-0.1, -0.05) is 30.7 Å². The largest absolute Gasteiger partial charge is 0.333 e. The van der Waals surface area contributed by atoms with E-state index in [1.165, 1.54) is 0 Å². The molecule has 1 aromatic carbocycles. The summed E-state index contributed by atoms with van der Waals surface area (Å²) in [6, 6.07) is 5.76. The maximum Gasteiger partial charge on any atom is 0.131 e. The van der Waals surface area contributed by atoms with Crippen LogP contribution in [0.3, 0.4) is 0 Å². The fourth-order valence-electron chi connectivity index (χ4n) is 2.18. The molecule has 0 aliphatic carbocycles. The van der Waals surface area contributed by atoms with Crippen molar-refractivity contribution in [1.82, 2.24) is 15.0 Å². The van der Waals surface area contributed by atoms with Crippen molar-refractivity contribution in [2.75, 3.05) is 0 Å². The first-order chi connectivity index (χ1) is 9.17. The Bertz CT molecular complexity index is 550. The van der Waals surface area contributed by atoms with E-state index in [4.69, 9.17) is 17.4 Å². The Morgan fingerprint density at radius 1 is 1.47 bits per heavy atom. The summed E-state index contributed by atoms with van der Waals surface area (Å²) in [7, 11) is 0. The highest BCUT2D eigenvalue weighted by atomic mass is 35.5. The van der Waals surface area contributed by atoms with Gasteiger partial charge in [0.15, 0.2) is 0 Å². The number of nitrogens with zero attached hydrogens (tertiary/aromatic N) is 2. The van der Waals surface area contributed by atoms with Crippen LogP contribution in [0.15, 0.2) is 30.6 Å². The van der Waals surface area contributed by atoms with Gasteiger partial charge in [0.05, 0.1) is 0 Å². The van der Waals surface area contributed by atoms with Gasteiger partial charge in [-0.15, -0.1) is 0 Å². The third kappa shape index (κ3) is 2.97. The van der Waals surface area contributed by atoms with Crippen molar-refractivity contribution < 1.29 is 0 Å². The van der Waals surface area contributed by atoms with Crippen molar-refractivity contribution in [2.45, 2.75) is 32.9 Å². The summed E-state index contributed by atoms with van der Waals surface area (Å²) in [6.07, 6.45) is 4.80. The minimum absolute atomic E-state index is 0.199. The van der Waals surface area contributed by atoms with Crippen LogP contribution in [0.25, 0.3) is 0 Å². The molecule has 0 aliphatic rings. The van der Waals surface area contributed by atoms with Crippen LogP contribution in [0.5, 0.6) is 0 Å². The average Bonchev–Trinajstić information content (AvgIpc) is 2.82. The van der Waals surface area contributed by atoms with Gasteiger partial charge in [0, 0.05) is 24.0 Å². The smallest absolute Gasteiger partial charge is 0.131 e. The predicted octanol–water partition coefficient (Wildman–Crippen LogP) is 2.81. The van der Waals surface area contributed by atoms with Crippen LogP contribution in [0.1, 0.15) is 36.3 Å². The number of nitrogens with two attached hydrogens (primary N) is 1. The zero-order valence-corrected chi connectivity index (χ0v) is 12.0. The van der Waals surface area contributed by atoms with Gasteiger partial charge in [0.2, 0.25) is 0 Å². The maximum atomic E-state index is 6.32. The standard InChI is InChI=1S/C14H19ClN4/c1-3-7-19-8-6-17-14(19)13(18-16)11-5-4-10(2)9-12(11)15/h4-6,8-9,13,18H,3,7,16H2,1-2H3. The number of hydrogen-bond donors (Lipinski definition) is 2. The van der Waals surface area contributed by atoms with Gasteiger partial charge < -0.3 is 4.57 Å². The van der Waals surface area contributed by atoms with E-state index in [-0.39, 0.29) is 6.04 Å². The van der Waals surface area contributed by atoms with Crippen LogP contribution in [-0.4, -0.2) is 9.55 Å². The monoisotopic (exact) mass is 278 g/mol. The van der Waals surface area contributed by atoms with Crippen LogP contribution >= 0.6 is 11.6 Å². The molecule has 0 amide bonds. The number of aryl methyl sites for hydroxylation is 2. The van der Waals surface area contributed by atoms with Crippen LogP contribution < -0.4 is 11.3 Å². The Morgan fingerprint density at radius 3 is 2.89 bits per heavy atom. The van der Waals surface area contributed by atoms with Crippen molar-refractivity contribution in [3.8, 4) is 0 Å². The fraction of sp³-hybridized carbons (Fsp3) is 0.357. The summed E-state index contributed by atoms with van der Waals surface area (Å²) >= 11 is 6.32. The molecule has 0 radical (unpaired) electrons. The average molecular weight is 279 g/mol. The second kappa shape index (κ2) is 6.19. The van der Waals surface area contributed by atoms with Crippen molar-refractivity contribution in [2.24, 2.45) is 5.84 Å². The molecule has 0 spiro atoms. The summed E-state index contributed by atoms with van der Waals surface area (Å²) in [5, 5.41) is 0.703. The fourth-order valence-corrected chi connectivity index (χ4v) is 2.52. The maximum absolute atomic E-state index is 6.32. The SMILES string of the molecule is CCCn1ccnc1C(NN)c1ccc(C)cc1Cl. The van der Waals surface area contributed by atoms with Gasteiger partial charge >= 0.3 is 0 Å². The number of nitrogens with one attached hydrogen (secondary N) is 1. The second-order valence-corrected chi connectivity index (χ2v) is 5.01. The predicted molar refractivity (Wildman–Crippen MR) is 77.9 cm³/mol. The highest BCUT2D eigenvalue weighted by Gasteiger charge is 2.20. The summed E-state index contributed by atoms with van der Waals surface area (Å²) in [4.78, 5) is 4.41. The van der Waals surface area contributed by atoms with E-state index in [2.05, 4.69) is 21.9 Å². The molecule has 0 saturated carbocycles. The Hall–Kier alpha value is -1.36. The third-order valence-corrected chi connectivity index (χ3v) is 3.43. The minimum Gasteiger partial charge on any atom is -0.333 e. The molecule has 0 saturated heterocycles. The molecular formula is C14H19ClN4. The van der Waals surface area contributed by atoms with E-state index >= 15 is 0 Å². The quantitative estimate of drug-likeness (QED) is 0.653. The Morgan fingerprint density at radius 2 is 2.26 bits per heavy atom. The molecule has 102 valence electrons. The molecule has 0 aliphatic heterocycles. The molecule has 1 heterocycles. The molecule has 1 aromatic heterocycles. The lowest BCUT2D eigenvalue weighted by molar-refractivity contribution is 0.545. The Balaban J connectivity index is 2.41. The molecule has 1 atom stereocenters. The molecule has 0 fully saturated rings. The molecule has 2 rings (SSSR count). The van der Waals surface area contributed by atoms with Crippen LogP contribution in [-0.2, 0) is 6.54 Å². The number of hydrazine groups is 1. The van der Waals surface area contributed by atoms with Gasteiger partial charge in [-0.2, -0.15) is 0 Å². The van der Waals surface area contributed by atoms with E-state index < -0.39 is 0 Å². The van der Waals surface area contributed by atoms with Gasteiger partial charge in [-0.25, -0.2) is 10.4 Å². The van der Waals surface area contributed by atoms with E-state index in [0.717, 1.165) is 29.9 Å². The molecule has 19 heavy (non-hydrogen) atoms. The van der Waals surface area contributed by atoms with Crippen molar-refractivity contribution in [3.63, 3.8) is 0 Å². The molecule has 2 aromatic rings. The first-order valence-corrected chi connectivity index (χ1v) is 6.78. The van der Waals surface area contributed by atoms with Gasteiger partial charge in [-0.05, 0) is 30.5 Å². The molecule has 5 heteroatoms. The van der Waals surface area contributed by atoms with E-state index in [1.54, 1.807) is 6.20 Å². The minimum atomic E-state index is -0.199. The summed E-state index contributed by atoms with van der Waals surface area (Å²) in [5.74, 6) is 6.59. The third-order valence-electron chi connectivity index (χ3n) is 3.10. The molecule has 3 N–H and O–H groups in total. The zero-order chi connectivity index (χ0) is 13.8. The van der Waals surface area contributed by atoms with Crippen LogP contribution in [0.2, 0.25) is 5.02 Å². The first kappa shape index (κ1) is 14.1. The number of hydrogen-bond acceptors (Lipinski definition) is 3. The van der Waals surface area contributed by atoms with Crippen molar-refractivity contribution in [1.29, 1.82) is 0 Å². The van der Waals surface area contributed by atoms with E-state index in [0.29, 0.717) is 5.02 Å². The summed E-state index contributed by atoms with van der Waals surface area (Å²) in [6.45, 7) is 5.06. The lowest BCUT2D eigenvalue weighted by atomic mass is 10.0. The number of aromatic nitrogens is 2. The van der Waals surface area contributed by atoms with Crippen LogP contribution in [0.4, 0.5) is 0 Å². The topological polar surface area (TPSA) is 55.9 Å². The summed E-state index contributed by atoms with van der Waals surface area (Å²) < 4.78 is 2.10. The van der Waals surface area contributed by atoms with Crippen molar-refractivity contribution in [3.05, 3.63) is 52.6 Å².